The van der Waals surface area contributed by atoms with Crippen molar-refractivity contribution < 1.29 is 10.2 Å². The molecule has 7 heteroatoms. The van der Waals surface area contributed by atoms with Crippen molar-refractivity contribution in [1.82, 2.24) is 19.5 Å². The van der Waals surface area contributed by atoms with Crippen LogP contribution in [0.25, 0.3) is 22.4 Å². The summed E-state index contributed by atoms with van der Waals surface area (Å²) in [4.78, 5) is 12.9. The number of hydrogen-bond acceptors (Lipinski definition) is 6. The lowest BCUT2D eigenvalue weighted by Crippen LogP contribution is -2.14. The second kappa shape index (κ2) is 5.66. The number of hydrogen-bond donors (Lipinski definition) is 2. The van der Waals surface area contributed by atoms with E-state index in [-0.39, 0.29) is 19.3 Å². The molecule has 3 aromatic heterocycles. The van der Waals surface area contributed by atoms with Gasteiger partial charge < -0.3 is 14.8 Å². The van der Waals surface area contributed by atoms with Gasteiger partial charge in [-0.2, -0.15) is 11.3 Å². The van der Waals surface area contributed by atoms with E-state index in [1.165, 1.54) is 6.33 Å². The van der Waals surface area contributed by atoms with Crippen LogP contribution in [0.5, 0.6) is 0 Å². The molecule has 0 saturated carbocycles. The second-order valence-corrected chi connectivity index (χ2v) is 5.19. The molecular weight excluding hydrogens is 276 g/mol. The van der Waals surface area contributed by atoms with Crippen molar-refractivity contribution in [2.45, 2.75) is 12.5 Å². The van der Waals surface area contributed by atoms with Crippen LogP contribution in [0.15, 0.2) is 29.5 Å². The summed E-state index contributed by atoms with van der Waals surface area (Å²) in [5, 5.41) is 22.5. The van der Waals surface area contributed by atoms with Gasteiger partial charge >= 0.3 is 0 Å². The van der Waals surface area contributed by atoms with E-state index in [2.05, 4.69) is 15.0 Å². The molecule has 0 fully saturated rings. The number of aliphatic hydroxyl groups excluding tert-OH is 2. The minimum absolute atomic E-state index is 0.00731. The maximum atomic E-state index is 9.44. The van der Waals surface area contributed by atoms with Crippen molar-refractivity contribution in [1.29, 1.82) is 0 Å². The molecule has 104 valence electrons. The largest absolute Gasteiger partial charge is 0.396 e. The first-order valence-corrected chi connectivity index (χ1v) is 7.21. The molecule has 20 heavy (non-hydrogen) atoms. The highest BCUT2D eigenvalue weighted by Gasteiger charge is 2.17. The number of rotatable bonds is 5. The molecule has 2 N–H and O–H groups in total. The van der Waals surface area contributed by atoms with Gasteiger partial charge in [-0.25, -0.2) is 15.0 Å². The summed E-state index contributed by atoms with van der Waals surface area (Å²) < 4.78 is 1.79. The Balaban J connectivity index is 2.12. The van der Waals surface area contributed by atoms with E-state index in [9.17, 15) is 5.11 Å². The molecule has 1 atom stereocenters. The van der Waals surface area contributed by atoms with Gasteiger partial charge in [-0.15, -0.1) is 0 Å². The van der Waals surface area contributed by atoms with E-state index < -0.39 is 0 Å². The first-order valence-electron chi connectivity index (χ1n) is 6.27. The summed E-state index contributed by atoms with van der Waals surface area (Å²) in [6.07, 6.45) is 3.60. The van der Waals surface area contributed by atoms with E-state index in [4.69, 9.17) is 5.11 Å². The molecule has 0 bridgehead atoms. The Morgan fingerprint density at radius 2 is 2.15 bits per heavy atom. The molecule has 1 unspecified atom stereocenters. The molecule has 3 rings (SSSR count). The van der Waals surface area contributed by atoms with E-state index in [0.717, 1.165) is 11.3 Å². The zero-order valence-electron chi connectivity index (χ0n) is 10.7. The minimum Gasteiger partial charge on any atom is -0.396 e. The number of aromatic nitrogens is 4. The molecule has 3 heterocycles. The SMILES string of the molecule is OCCC(CO)n1cnc2c(-c3ccsc3)ncnc21. The predicted molar refractivity (Wildman–Crippen MR) is 76.5 cm³/mol. The van der Waals surface area contributed by atoms with Crippen LogP contribution < -0.4 is 0 Å². The van der Waals surface area contributed by atoms with Crippen LogP contribution in [-0.4, -0.2) is 42.9 Å². The molecule has 0 aliphatic heterocycles. The smallest absolute Gasteiger partial charge is 0.164 e. The normalized spacial score (nSPS) is 12.9. The fraction of sp³-hybridized carbons (Fsp3) is 0.308. The molecule has 3 aromatic rings. The highest BCUT2D eigenvalue weighted by molar-refractivity contribution is 7.08. The molecule has 0 radical (unpaired) electrons. The fourth-order valence-corrected chi connectivity index (χ4v) is 2.84. The third-order valence-corrected chi connectivity index (χ3v) is 3.90. The van der Waals surface area contributed by atoms with Gasteiger partial charge in [0, 0.05) is 17.6 Å². The first-order chi connectivity index (χ1) is 9.85. The molecule has 0 aliphatic carbocycles. The van der Waals surface area contributed by atoms with Gasteiger partial charge in [0.25, 0.3) is 0 Å². The van der Waals surface area contributed by atoms with E-state index >= 15 is 0 Å². The fourth-order valence-electron chi connectivity index (χ4n) is 2.20. The lowest BCUT2D eigenvalue weighted by atomic mass is 10.2. The number of imidazole rings is 1. The van der Waals surface area contributed by atoms with Crippen molar-refractivity contribution in [2.75, 3.05) is 13.2 Å². The summed E-state index contributed by atoms with van der Waals surface area (Å²) in [5.41, 5.74) is 3.18. The quantitative estimate of drug-likeness (QED) is 0.743. The molecule has 0 amide bonds. The topological polar surface area (TPSA) is 84.1 Å². The third kappa shape index (κ3) is 2.20. The van der Waals surface area contributed by atoms with Crippen molar-refractivity contribution in [3.63, 3.8) is 0 Å². The van der Waals surface area contributed by atoms with Crippen LogP contribution in [-0.2, 0) is 0 Å². The van der Waals surface area contributed by atoms with Crippen LogP contribution in [0, 0.1) is 0 Å². The number of aliphatic hydroxyl groups is 2. The van der Waals surface area contributed by atoms with Gasteiger partial charge in [0.15, 0.2) is 5.65 Å². The van der Waals surface area contributed by atoms with Crippen LogP contribution >= 0.6 is 11.3 Å². The number of fused-ring (bicyclic) bond motifs is 1. The Bertz CT molecular complexity index is 696. The summed E-state index contributed by atoms with van der Waals surface area (Å²) in [5.74, 6) is 0. The zero-order valence-corrected chi connectivity index (χ0v) is 11.5. The highest BCUT2D eigenvalue weighted by atomic mass is 32.1. The van der Waals surface area contributed by atoms with Gasteiger partial charge in [-0.1, -0.05) is 0 Å². The lowest BCUT2D eigenvalue weighted by Gasteiger charge is -2.14. The van der Waals surface area contributed by atoms with Crippen molar-refractivity contribution in [3.8, 4) is 11.3 Å². The molecule has 0 spiro atoms. The molecule has 0 aromatic carbocycles. The molecule has 0 aliphatic rings. The van der Waals surface area contributed by atoms with E-state index in [1.54, 1.807) is 22.2 Å². The Morgan fingerprint density at radius 3 is 2.85 bits per heavy atom. The van der Waals surface area contributed by atoms with Gasteiger partial charge in [-0.3, -0.25) is 0 Å². The van der Waals surface area contributed by atoms with Gasteiger partial charge in [0.1, 0.15) is 17.5 Å². The monoisotopic (exact) mass is 290 g/mol. The van der Waals surface area contributed by atoms with Crippen LogP contribution in [0.3, 0.4) is 0 Å². The van der Waals surface area contributed by atoms with Gasteiger partial charge in [0.2, 0.25) is 0 Å². The summed E-state index contributed by atoms with van der Waals surface area (Å²) >= 11 is 1.60. The summed E-state index contributed by atoms with van der Waals surface area (Å²) in [6.45, 7) is -0.0584. The zero-order chi connectivity index (χ0) is 13.9. The van der Waals surface area contributed by atoms with E-state index in [0.29, 0.717) is 17.6 Å². The second-order valence-electron chi connectivity index (χ2n) is 4.41. The highest BCUT2D eigenvalue weighted by Crippen LogP contribution is 2.27. The number of thiophene rings is 1. The Kier molecular flexibility index (Phi) is 3.72. The van der Waals surface area contributed by atoms with Gasteiger partial charge in [-0.05, 0) is 17.9 Å². The maximum Gasteiger partial charge on any atom is 0.164 e. The van der Waals surface area contributed by atoms with Crippen molar-refractivity contribution in [3.05, 3.63) is 29.5 Å². The predicted octanol–water partition coefficient (Wildman–Crippen LogP) is 1.47. The molecular formula is C13H14N4O2S. The average Bonchev–Trinajstić information content (AvgIpc) is 3.13. The number of nitrogens with zero attached hydrogens (tertiary/aromatic N) is 4. The van der Waals surface area contributed by atoms with Gasteiger partial charge in [0.05, 0.1) is 19.0 Å². The van der Waals surface area contributed by atoms with Crippen LogP contribution in [0.2, 0.25) is 0 Å². The summed E-state index contributed by atoms with van der Waals surface area (Å²) in [6, 6.07) is 1.76. The van der Waals surface area contributed by atoms with Crippen LogP contribution in [0.1, 0.15) is 12.5 Å². The van der Waals surface area contributed by atoms with Crippen molar-refractivity contribution >= 4 is 22.5 Å². The standard InChI is InChI=1S/C13H14N4O2S/c18-3-1-10(5-19)17-8-16-12-11(9-2-4-20-6-9)14-7-15-13(12)17/h2,4,6-8,10,18-19H,1,3,5H2. The van der Waals surface area contributed by atoms with Crippen LogP contribution in [0.4, 0.5) is 0 Å². The maximum absolute atomic E-state index is 9.44. The Hall–Kier alpha value is -1.83. The minimum atomic E-state index is -0.227. The molecule has 0 saturated heterocycles. The average molecular weight is 290 g/mol. The summed E-state index contributed by atoms with van der Waals surface area (Å²) in [7, 11) is 0. The van der Waals surface area contributed by atoms with E-state index in [1.807, 2.05) is 16.8 Å². The Morgan fingerprint density at radius 1 is 1.25 bits per heavy atom. The Labute approximate surface area is 119 Å². The molecule has 6 nitrogen and oxygen atoms in total. The lowest BCUT2D eigenvalue weighted by molar-refractivity contribution is 0.188. The first kappa shape index (κ1) is 13.2. The van der Waals surface area contributed by atoms with Crippen molar-refractivity contribution in [2.24, 2.45) is 0 Å². The third-order valence-electron chi connectivity index (χ3n) is 3.22.